The van der Waals surface area contributed by atoms with Crippen molar-refractivity contribution in [2.24, 2.45) is 5.73 Å². The third-order valence-corrected chi connectivity index (χ3v) is 5.68. The van der Waals surface area contributed by atoms with Gasteiger partial charge in [0.15, 0.2) is 0 Å². The number of rotatable bonds is 7. The van der Waals surface area contributed by atoms with Gasteiger partial charge in [-0.25, -0.2) is 12.7 Å². The zero-order valence-electron chi connectivity index (χ0n) is 10.4. The van der Waals surface area contributed by atoms with E-state index in [1.165, 1.54) is 4.31 Å². The molecule has 2 unspecified atom stereocenters. The number of nitrogens with zero attached hydrogens (tertiary/aromatic N) is 1. The summed E-state index contributed by atoms with van der Waals surface area (Å²) in [6.45, 7) is 5.70. The second-order valence-electron chi connectivity index (χ2n) is 4.00. The highest BCUT2D eigenvalue weighted by Crippen LogP contribution is 2.16. The number of nitrogens with two attached hydrogens (primary N) is 1. The summed E-state index contributed by atoms with van der Waals surface area (Å²) in [6, 6.07) is -0.0154. The van der Waals surface area contributed by atoms with Crippen molar-refractivity contribution in [3.05, 3.63) is 0 Å². The second-order valence-corrected chi connectivity index (χ2v) is 6.64. The van der Waals surface area contributed by atoms with Gasteiger partial charge in [0.2, 0.25) is 10.0 Å². The Morgan fingerprint density at radius 3 is 2.25 bits per heavy atom. The highest BCUT2D eigenvalue weighted by Gasteiger charge is 2.32. The third kappa shape index (κ3) is 3.68. The Morgan fingerprint density at radius 1 is 1.44 bits per heavy atom. The van der Waals surface area contributed by atoms with Gasteiger partial charge in [-0.05, 0) is 19.8 Å². The maximum absolute atomic E-state index is 12.2. The first-order valence-electron chi connectivity index (χ1n) is 5.55. The summed E-state index contributed by atoms with van der Waals surface area (Å²) in [5.74, 6) is 0. The summed E-state index contributed by atoms with van der Waals surface area (Å²) < 4.78 is 25.7. The van der Waals surface area contributed by atoms with Crippen LogP contribution in [0.2, 0.25) is 0 Å². The van der Waals surface area contributed by atoms with Crippen LogP contribution in [0.4, 0.5) is 0 Å². The molecule has 0 radical (unpaired) electrons. The molecule has 0 rings (SSSR count). The van der Waals surface area contributed by atoms with Crippen molar-refractivity contribution in [3.63, 3.8) is 0 Å². The van der Waals surface area contributed by atoms with Gasteiger partial charge in [-0.2, -0.15) is 0 Å². The average Bonchev–Trinajstić information content (AvgIpc) is 2.16. The fourth-order valence-electron chi connectivity index (χ4n) is 1.61. The standard InChI is InChI=1S/C10H22N2O2S2/c1-5-7-8(3)12(4)16(13,14)9(6-2)10(11)15/h8-9H,5-7H2,1-4H3,(H2,11,15). The van der Waals surface area contributed by atoms with Gasteiger partial charge in [0.25, 0.3) is 0 Å². The van der Waals surface area contributed by atoms with Crippen molar-refractivity contribution in [3.8, 4) is 0 Å². The maximum atomic E-state index is 12.2. The second kappa shape index (κ2) is 6.51. The summed E-state index contributed by atoms with van der Waals surface area (Å²) in [4.78, 5) is 0.0537. The molecule has 0 bridgehead atoms. The molecule has 2 atom stereocenters. The van der Waals surface area contributed by atoms with Gasteiger partial charge < -0.3 is 5.73 Å². The molecule has 6 heteroatoms. The summed E-state index contributed by atoms with van der Waals surface area (Å²) >= 11 is 4.81. The van der Waals surface area contributed by atoms with Crippen LogP contribution >= 0.6 is 12.2 Å². The number of hydrogen-bond acceptors (Lipinski definition) is 3. The zero-order chi connectivity index (χ0) is 12.9. The van der Waals surface area contributed by atoms with Crippen molar-refractivity contribution >= 4 is 27.2 Å². The van der Waals surface area contributed by atoms with Gasteiger partial charge in [0.05, 0.1) is 4.99 Å². The molecule has 0 amide bonds. The predicted molar refractivity (Wildman–Crippen MR) is 71.9 cm³/mol. The fourth-order valence-corrected chi connectivity index (χ4v) is 3.86. The molecule has 0 fully saturated rings. The molecular weight excluding hydrogens is 244 g/mol. The van der Waals surface area contributed by atoms with E-state index < -0.39 is 15.3 Å². The van der Waals surface area contributed by atoms with E-state index in [9.17, 15) is 8.42 Å². The number of hydrogen-bond donors (Lipinski definition) is 1. The van der Waals surface area contributed by atoms with Gasteiger partial charge >= 0.3 is 0 Å². The minimum atomic E-state index is -3.40. The molecule has 0 aromatic heterocycles. The molecule has 0 aliphatic heterocycles. The van der Waals surface area contributed by atoms with E-state index in [2.05, 4.69) is 0 Å². The van der Waals surface area contributed by atoms with Crippen molar-refractivity contribution in [1.82, 2.24) is 4.31 Å². The van der Waals surface area contributed by atoms with E-state index in [1.807, 2.05) is 13.8 Å². The van der Waals surface area contributed by atoms with Crippen molar-refractivity contribution in [2.75, 3.05) is 7.05 Å². The Bertz CT molecular complexity index is 328. The summed E-state index contributed by atoms with van der Waals surface area (Å²) in [6.07, 6.45) is 2.20. The quantitative estimate of drug-likeness (QED) is 0.709. The van der Waals surface area contributed by atoms with Crippen LogP contribution in [0.5, 0.6) is 0 Å². The van der Waals surface area contributed by atoms with Crippen LogP contribution in [-0.2, 0) is 10.0 Å². The van der Waals surface area contributed by atoms with Gasteiger partial charge in [0, 0.05) is 13.1 Å². The van der Waals surface area contributed by atoms with Crippen LogP contribution < -0.4 is 5.73 Å². The van der Waals surface area contributed by atoms with Gasteiger partial charge in [-0.1, -0.05) is 32.5 Å². The Morgan fingerprint density at radius 2 is 1.94 bits per heavy atom. The molecular formula is C10H22N2O2S2. The lowest BCUT2D eigenvalue weighted by Gasteiger charge is -2.27. The molecule has 0 heterocycles. The van der Waals surface area contributed by atoms with E-state index in [4.69, 9.17) is 18.0 Å². The molecule has 4 nitrogen and oxygen atoms in total. The Kier molecular flexibility index (Phi) is 6.43. The van der Waals surface area contributed by atoms with E-state index in [0.717, 1.165) is 12.8 Å². The molecule has 0 aliphatic rings. The SMILES string of the molecule is CCCC(C)N(C)S(=O)(=O)C(CC)C(N)=S. The van der Waals surface area contributed by atoms with E-state index in [1.54, 1.807) is 14.0 Å². The minimum absolute atomic E-state index is 0.0154. The monoisotopic (exact) mass is 266 g/mol. The van der Waals surface area contributed by atoms with Crippen molar-refractivity contribution in [2.45, 2.75) is 51.3 Å². The lowest BCUT2D eigenvalue weighted by molar-refractivity contribution is 0.366. The first-order valence-corrected chi connectivity index (χ1v) is 7.46. The Labute approximate surface area is 104 Å². The van der Waals surface area contributed by atoms with Crippen LogP contribution in [-0.4, -0.2) is 36.1 Å². The Balaban J connectivity index is 4.96. The minimum Gasteiger partial charge on any atom is -0.392 e. The Hall–Kier alpha value is -0.200. The van der Waals surface area contributed by atoms with Crippen LogP contribution in [0.3, 0.4) is 0 Å². The van der Waals surface area contributed by atoms with Crippen LogP contribution in [0.1, 0.15) is 40.0 Å². The first kappa shape index (κ1) is 15.8. The molecule has 0 spiro atoms. The topological polar surface area (TPSA) is 63.4 Å². The smallest absolute Gasteiger partial charge is 0.223 e. The largest absolute Gasteiger partial charge is 0.392 e. The first-order chi connectivity index (χ1) is 7.28. The van der Waals surface area contributed by atoms with Gasteiger partial charge in [0.1, 0.15) is 5.25 Å². The van der Waals surface area contributed by atoms with Gasteiger partial charge in [-0.3, -0.25) is 0 Å². The van der Waals surface area contributed by atoms with Crippen LogP contribution in [0.15, 0.2) is 0 Å². The highest BCUT2D eigenvalue weighted by molar-refractivity contribution is 7.92. The fraction of sp³-hybridized carbons (Fsp3) is 0.900. The van der Waals surface area contributed by atoms with Crippen LogP contribution in [0.25, 0.3) is 0 Å². The molecule has 0 saturated carbocycles. The normalized spacial score (nSPS) is 16.1. The van der Waals surface area contributed by atoms with E-state index in [0.29, 0.717) is 6.42 Å². The molecule has 16 heavy (non-hydrogen) atoms. The number of sulfonamides is 1. The molecule has 0 aliphatic carbocycles. The molecule has 0 saturated heterocycles. The van der Waals surface area contributed by atoms with Crippen LogP contribution in [0, 0.1) is 0 Å². The summed E-state index contributed by atoms with van der Waals surface area (Å²) in [5, 5.41) is -0.744. The maximum Gasteiger partial charge on any atom is 0.223 e. The molecule has 0 aromatic carbocycles. The van der Waals surface area contributed by atoms with Crippen molar-refractivity contribution < 1.29 is 8.42 Å². The van der Waals surface area contributed by atoms with Gasteiger partial charge in [-0.15, -0.1) is 0 Å². The third-order valence-electron chi connectivity index (χ3n) is 2.78. The van der Waals surface area contributed by atoms with E-state index in [-0.39, 0.29) is 11.0 Å². The highest BCUT2D eigenvalue weighted by atomic mass is 32.2. The molecule has 2 N–H and O–H groups in total. The zero-order valence-corrected chi connectivity index (χ0v) is 12.1. The summed E-state index contributed by atoms with van der Waals surface area (Å²) in [7, 11) is -1.81. The van der Waals surface area contributed by atoms with Crippen molar-refractivity contribution in [1.29, 1.82) is 0 Å². The summed E-state index contributed by atoms with van der Waals surface area (Å²) in [5.41, 5.74) is 5.47. The number of thiocarbonyl (C=S) groups is 1. The molecule has 96 valence electrons. The predicted octanol–water partition coefficient (Wildman–Crippen LogP) is 1.50. The lowest BCUT2D eigenvalue weighted by Crippen LogP contribution is -2.45. The van der Waals surface area contributed by atoms with E-state index >= 15 is 0 Å². The molecule has 0 aromatic rings. The average molecular weight is 266 g/mol. The lowest BCUT2D eigenvalue weighted by atomic mass is 10.2.